The van der Waals surface area contributed by atoms with E-state index in [9.17, 15) is 0 Å². The Kier molecular flexibility index (Phi) is 2.79. The third kappa shape index (κ3) is 1.76. The summed E-state index contributed by atoms with van der Waals surface area (Å²) in [5, 5.41) is 3.50. The van der Waals surface area contributed by atoms with Crippen molar-refractivity contribution in [2.75, 3.05) is 0 Å². The van der Waals surface area contributed by atoms with Gasteiger partial charge in [0.2, 0.25) is 0 Å². The average Bonchev–Trinajstić information content (AvgIpc) is 2.37. The third-order valence-corrected chi connectivity index (χ3v) is 2.05. The molecule has 1 heterocycles. The van der Waals surface area contributed by atoms with E-state index in [-0.39, 0.29) is 0 Å². The van der Waals surface area contributed by atoms with Gasteiger partial charge in [0.25, 0.3) is 0 Å². The maximum Gasteiger partial charge on any atom is 0.0290 e. The lowest BCUT2D eigenvalue weighted by Gasteiger charge is -2.09. The maximum absolute atomic E-state index is 3.50. The highest BCUT2D eigenvalue weighted by Gasteiger charge is 2.11. The van der Waals surface area contributed by atoms with Gasteiger partial charge in [-0.15, -0.1) is 0 Å². The molecule has 1 nitrogen and oxygen atoms in total. The van der Waals surface area contributed by atoms with Crippen LogP contribution in [0.25, 0.3) is 0 Å². The van der Waals surface area contributed by atoms with Crippen molar-refractivity contribution in [3.05, 3.63) is 11.8 Å². The molecule has 0 fully saturated rings. The lowest BCUT2D eigenvalue weighted by Crippen LogP contribution is -2.21. The highest BCUT2D eigenvalue weighted by atomic mass is 14.9. The van der Waals surface area contributed by atoms with E-state index in [4.69, 9.17) is 0 Å². The van der Waals surface area contributed by atoms with Gasteiger partial charge in [-0.3, -0.25) is 0 Å². The van der Waals surface area contributed by atoms with Crippen LogP contribution in [0.5, 0.6) is 0 Å². The van der Waals surface area contributed by atoms with Crippen LogP contribution in [0.1, 0.15) is 39.5 Å². The van der Waals surface area contributed by atoms with Crippen molar-refractivity contribution in [2.24, 2.45) is 0 Å². The summed E-state index contributed by atoms with van der Waals surface area (Å²) in [5.74, 6) is 0. The summed E-state index contributed by atoms with van der Waals surface area (Å²) in [6.45, 7) is 4.46. The quantitative estimate of drug-likeness (QED) is 0.633. The number of nitrogens with one attached hydrogen (secondary N) is 1. The zero-order valence-electron chi connectivity index (χ0n) is 6.98. The molecule has 0 aliphatic carbocycles. The summed E-state index contributed by atoms with van der Waals surface area (Å²) in [4.78, 5) is 0. The second-order valence-electron chi connectivity index (χ2n) is 2.96. The van der Waals surface area contributed by atoms with Crippen LogP contribution < -0.4 is 5.32 Å². The number of rotatable bonds is 3. The van der Waals surface area contributed by atoms with Crippen LogP contribution in [0.4, 0.5) is 0 Å². The Bertz CT molecular complexity index is 127. The molecule has 58 valence electrons. The molecule has 1 aliphatic heterocycles. The van der Waals surface area contributed by atoms with E-state index < -0.39 is 0 Å². The molecule has 1 N–H and O–H groups in total. The Balaban J connectivity index is 2.25. The highest BCUT2D eigenvalue weighted by Crippen LogP contribution is 2.14. The van der Waals surface area contributed by atoms with Gasteiger partial charge in [0.15, 0.2) is 0 Å². The van der Waals surface area contributed by atoms with E-state index in [2.05, 4.69) is 25.2 Å². The van der Waals surface area contributed by atoms with E-state index >= 15 is 0 Å². The van der Waals surface area contributed by atoms with Crippen LogP contribution in [0, 0.1) is 0 Å². The SMILES string of the molecule is CCCC1=CCC(CC)N1. The first-order valence-electron chi connectivity index (χ1n) is 4.32. The Hall–Kier alpha value is -0.460. The predicted octanol–water partition coefficient (Wildman–Crippen LogP) is 2.44. The third-order valence-electron chi connectivity index (χ3n) is 2.05. The van der Waals surface area contributed by atoms with Gasteiger partial charge >= 0.3 is 0 Å². The van der Waals surface area contributed by atoms with Crippen LogP contribution in [0.15, 0.2) is 11.8 Å². The second-order valence-corrected chi connectivity index (χ2v) is 2.96. The molecule has 1 atom stereocenters. The lowest BCUT2D eigenvalue weighted by atomic mass is 10.2. The van der Waals surface area contributed by atoms with Crippen molar-refractivity contribution in [1.82, 2.24) is 5.32 Å². The van der Waals surface area contributed by atoms with Gasteiger partial charge in [-0.1, -0.05) is 26.3 Å². The van der Waals surface area contributed by atoms with Gasteiger partial charge < -0.3 is 5.32 Å². The van der Waals surface area contributed by atoms with Crippen molar-refractivity contribution >= 4 is 0 Å². The molecule has 0 aromatic carbocycles. The number of allylic oxidation sites excluding steroid dienone is 1. The standard InChI is InChI=1S/C9H17N/c1-3-5-9-7-6-8(4-2)10-9/h7-8,10H,3-6H2,1-2H3. The molecular weight excluding hydrogens is 122 g/mol. The van der Waals surface area contributed by atoms with Gasteiger partial charge in [-0.2, -0.15) is 0 Å². The first kappa shape index (κ1) is 7.64. The van der Waals surface area contributed by atoms with Crippen molar-refractivity contribution in [1.29, 1.82) is 0 Å². The normalized spacial score (nSPS) is 24.2. The Morgan fingerprint density at radius 3 is 2.90 bits per heavy atom. The molecule has 1 rings (SSSR count). The van der Waals surface area contributed by atoms with E-state index in [1.807, 2.05) is 0 Å². The summed E-state index contributed by atoms with van der Waals surface area (Å²) in [7, 11) is 0. The number of hydrogen-bond acceptors (Lipinski definition) is 1. The molecule has 1 aliphatic rings. The summed E-state index contributed by atoms with van der Waals surface area (Å²) < 4.78 is 0. The average molecular weight is 139 g/mol. The topological polar surface area (TPSA) is 12.0 Å². The van der Waals surface area contributed by atoms with Crippen LogP contribution in [0.2, 0.25) is 0 Å². The minimum Gasteiger partial charge on any atom is -0.386 e. The summed E-state index contributed by atoms with van der Waals surface area (Å²) in [6.07, 6.45) is 7.33. The van der Waals surface area contributed by atoms with Crippen molar-refractivity contribution in [2.45, 2.75) is 45.6 Å². The Morgan fingerprint density at radius 2 is 2.40 bits per heavy atom. The van der Waals surface area contributed by atoms with Crippen molar-refractivity contribution < 1.29 is 0 Å². The molecule has 0 saturated carbocycles. The van der Waals surface area contributed by atoms with Crippen LogP contribution in [0.3, 0.4) is 0 Å². The molecule has 1 heteroatoms. The summed E-state index contributed by atoms with van der Waals surface area (Å²) >= 11 is 0. The molecule has 0 spiro atoms. The van der Waals surface area contributed by atoms with Gasteiger partial charge in [0, 0.05) is 11.7 Å². The Morgan fingerprint density at radius 1 is 1.60 bits per heavy atom. The fourth-order valence-electron chi connectivity index (χ4n) is 1.38. The second kappa shape index (κ2) is 3.65. The van der Waals surface area contributed by atoms with Crippen LogP contribution in [-0.2, 0) is 0 Å². The minimum atomic E-state index is 0.738. The molecule has 1 unspecified atom stereocenters. The molecule has 0 aromatic rings. The highest BCUT2D eigenvalue weighted by molar-refractivity contribution is 5.08. The van der Waals surface area contributed by atoms with Gasteiger partial charge in [-0.25, -0.2) is 0 Å². The lowest BCUT2D eigenvalue weighted by molar-refractivity contribution is 0.581. The zero-order chi connectivity index (χ0) is 7.40. The maximum atomic E-state index is 3.50. The first-order valence-corrected chi connectivity index (χ1v) is 4.32. The molecule has 10 heavy (non-hydrogen) atoms. The predicted molar refractivity (Wildman–Crippen MR) is 44.8 cm³/mol. The molecule has 0 aromatic heterocycles. The van der Waals surface area contributed by atoms with Gasteiger partial charge in [0.05, 0.1) is 0 Å². The fourth-order valence-corrected chi connectivity index (χ4v) is 1.38. The van der Waals surface area contributed by atoms with E-state index in [0.717, 1.165) is 6.04 Å². The van der Waals surface area contributed by atoms with Gasteiger partial charge in [0.1, 0.15) is 0 Å². The van der Waals surface area contributed by atoms with E-state index in [1.54, 1.807) is 0 Å². The van der Waals surface area contributed by atoms with Crippen LogP contribution >= 0.6 is 0 Å². The number of hydrogen-bond donors (Lipinski definition) is 1. The Labute approximate surface area is 63.5 Å². The molecule has 0 amide bonds. The minimum absolute atomic E-state index is 0.738. The molecule has 0 bridgehead atoms. The molecule has 0 radical (unpaired) electrons. The van der Waals surface area contributed by atoms with E-state index in [1.165, 1.54) is 31.4 Å². The first-order chi connectivity index (χ1) is 4.86. The summed E-state index contributed by atoms with van der Waals surface area (Å²) in [6, 6.07) is 0.738. The fraction of sp³-hybridized carbons (Fsp3) is 0.778. The monoisotopic (exact) mass is 139 g/mol. The smallest absolute Gasteiger partial charge is 0.0290 e. The molecular formula is C9H17N. The van der Waals surface area contributed by atoms with Crippen molar-refractivity contribution in [3.8, 4) is 0 Å². The van der Waals surface area contributed by atoms with Crippen molar-refractivity contribution in [3.63, 3.8) is 0 Å². The summed E-state index contributed by atoms with van der Waals surface area (Å²) in [5.41, 5.74) is 1.47. The zero-order valence-corrected chi connectivity index (χ0v) is 6.98. The molecule has 0 saturated heterocycles. The van der Waals surface area contributed by atoms with E-state index in [0.29, 0.717) is 0 Å². The van der Waals surface area contributed by atoms with Gasteiger partial charge in [-0.05, 0) is 19.3 Å². The largest absolute Gasteiger partial charge is 0.386 e. The van der Waals surface area contributed by atoms with Crippen LogP contribution in [-0.4, -0.2) is 6.04 Å².